The molecule has 0 aromatic heterocycles. The van der Waals surface area contributed by atoms with E-state index in [0.29, 0.717) is 0 Å². The van der Waals surface area contributed by atoms with Crippen molar-refractivity contribution in [2.24, 2.45) is 10.9 Å². The number of nitrogens with zero attached hydrogens (tertiary/aromatic N) is 1. The highest BCUT2D eigenvalue weighted by Gasteiger charge is 2.03. The van der Waals surface area contributed by atoms with Gasteiger partial charge in [-0.1, -0.05) is 17.3 Å². The molecule has 0 heterocycles. The Morgan fingerprint density at radius 2 is 2.21 bits per heavy atom. The molecule has 0 atom stereocenters. The van der Waals surface area contributed by atoms with Crippen molar-refractivity contribution in [2.45, 2.75) is 26.3 Å². The Morgan fingerprint density at radius 3 is 2.84 bits per heavy atom. The van der Waals surface area contributed by atoms with Crippen LogP contribution in [0.3, 0.4) is 0 Å². The van der Waals surface area contributed by atoms with Gasteiger partial charge in [-0.3, -0.25) is 0 Å². The standard InChI is InChI=1S/C14H23N3OS/c1-11-9-12(14(15)17-18)5-6-13(11)10-16-7-3-4-8-19-2/h5-6,9,16,18H,3-4,7-8,10H2,1-2H3,(H2,15,17). The Labute approximate surface area is 119 Å². The van der Waals surface area contributed by atoms with Crippen molar-refractivity contribution in [1.29, 1.82) is 0 Å². The Balaban J connectivity index is 2.43. The topological polar surface area (TPSA) is 70.6 Å². The molecule has 1 aromatic rings. The zero-order chi connectivity index (χ0) is 14.1. The number of nitrogens with two attached hydrogens (primary N) is 1. The largest absolute Gasteiger partial charge is 0.409 e. The molecule has 0 bridgehead atoms. The first kappa shape index (κ1) is 15.9. The van der Waals surface area contributed by atoms with E-state index in [-0.39, 0.29) is 5.84 Å². The molecule has 0 fully saturated rings. The zero-order valence-electron chi connectivity index (χ0n) is 11.6. The fourth-order valence-corrected chi connectivity index (χ4v) is 2.32. The highest BCUT2D eigenvalue weighted by molar-refractivity contribution is 7.98. The summed E-state index contributed by atoms with van der Waals surface area (Å²) in [4.78, 5) is 0. The summed E-state index contributed by atoms with van der Waals surface area (Å²) in [5.41, 5.74) is 8.72. The molecule has 1 aromatic carbocycles. The predicted octanol–water partition coefficient (Wildman–Crippen LogP) is 2.32. The lowest BCUT2D eigenvalue weighted by molar-refractivity contribution is 0.318. The minimum atomic E-state index is 0.152. The van der Waals surface area contributed by atoms with Crippen LogP contribution in [0.4, 0.5) is 0 Å². The van der Waals surface area contributed by atoms with Gasteiger partial charge >= 0.3 is 0 Å². The monoisotopic (exact) mass is 281 g/mol. The lowest BCUT2D eigenvalue weighted by Crippen LogP contribution is -2.17. The number of nitrogens with one attached hydrogen (secondary N) is 1. The van der Waals surface area contributed by atoms with Crippen LogP contribution in [-0.4, -0.2) is 29.6 Å². The zero-order valence-corrected chi connectivity index (χ0v) is 12.5. The second-order valence-electron chi connectivity index (χ2n) is 4.50. The summed E-state index contributed by atoms with van der Waals surface area (Å²) >= 11 is 1.89. The van der Waals surface area contributed by atoms with E-state index in [4.69, 9.17) is 10.9 Å². The van der Waals surface area contributed by atoms with E-state index in [1.165, 1.54) is 24.2 Å². The van der Waals surface area contributed by atoms with Gasteiger partial charge in [0.05, 0.1) is 0 Å². The van der Waals surface area contributed by atoms with Gasteiger partial charge in [0.2, 0.25) is 0 Å². The van der Waals surface area contributed by atoms with Crippen molar-refractivity contribution in [2.75, 3.05) is 18.6 Å². The van der Waals surface area contributed by atoms with Gasteiger partial charge in [-0.15, -0.1) is 0 Å². The fourth-order valence-electron chi connectivity index (χ4n) is 1.83. The lowest BCUT2D eigenvalue weighted by Gasteiger charge is -2.09. The van der Waals surface area contributed by atoms with Crippen molar-refractivity contribution in [1.82, 2.24) is 5.32 Å². The van der Waals surface area contributed by atoms with Crippen LogP contribution in [0.5, 0.6) is 0 Å². The summed E-state index contributed by atoms with van der Waals surface area (Å²) in [5.74, 6) is 1.38. The van der Waals surface area contributed by atoms with Crippen LogP contribution < -0.4 is 11.1 Å². The Bertz CT molecular complexity index is 421. The van der Waals surface area contributed by atoms with Gasteiger partial charge in [-0.25, -0.2) is 0 Å². The number of hydrogen-bond acceptors (Lipinski definition) is 4. The van der Waals surface area contributed by atoms with Crippen LogP contribution in [-0.2, 0) is 6.54 Å². The minimum absolute atomic E-state index is 0.152. The Kier molecular flexibility index (Phi) is 7.36. The smallest absolute Gasteiger partial charge is 0.170 e. The molecule has 19 heavy (non-hydrogen) atoms. The molecular formula is C14H23N3OS. The maximum absolute atomic E-state index is 8.64. The van der Waals surface area contributed by atoms with Crippen LogP contribution in [0.25, 0.3) is 0 Å². The molecule has 106 valence electrons. The van der Waals surface area contributed by atoms with Crippen molar-refractivity contribution in [3.8, 4) is 0 Å². The number of thioether (sulfide) groups is 1. The third kappa shape index (κ3) is 5.53. The number of hydrogen-bond donors (Lipinski definition) is 3. The summed E-state index contributed by atoms with van der Waals surface area (Å²) in [6.45, 7) is 3.95. The van der Waals surface area contributed by atoms with Gasteiger partial charge in [-0.05, 0) is 55.5 Å². The average Bonchev–Trinajstić information content (AvgIpc) is 2.43. The molecule has 0 saturated heterocycles. The molecule has 0 aliphatic heterocycles. The van der Waals surface area contributed by atoms with Crippen LogP contribution in [0.2, 0.25) is 0 Å². The number of unbranched alkanes of at least 4 members (excludes halogenated alkanes) is 1. The van der Waals surface area contributed by atoms with Crippen molar-refractivity contribution in [3.05, 3.63) is 34.9 Å². The first-order valence-corrected chi connectivity index (χ1v) is 7.85. The van der Waals surface area contributed by atoms with Crippen molar-refractivity contribution in [3.63, 3.8) is 0 Å². The van der Waals surface area contributed by atoms with Gasteiger partial charge in [0, 0.05) is 12.1 Å². The van der Waals surface area contributed by atoms with Crippen LogP contribution in [0.1, 0.15) is 29.5 Å². The van der Waals surface area contributed by atoms with E-state index >= 15 is 0 Å². The number of rotatable bonds is 8. The highest BCUT2D eigenvalue weighted by atomic mass is 32.2. The molecule has 0 amide bonds. The lowest BCUT2D eigenvalue weighted by atomic mass is 10.0. The number of amidine groups is 1. The van der Waals surface area contributed by atoms with E-state index < -0.39 is 0 Å². The molecule has 0 aliphatic carbocycles. The van der Waals surface area contributed by atoms with E-state index in [0.717, 1.165) is 24.2 Å². The molecular weight excluding hydrogens is 258 g/mol. The first-order chi connectivity index (χ1) is 9.19. The summed E-state index contributed by atoms with van der Waals surface area (Å²) in [6.07, 6.45) is 4.61. The predicted molar refractivity (Wildman–Crippen MR) is 83.0 cm³/mol. The van der Waals surface area contributed by atoms with Crippen LogP contribution >= 0.6 is 11.8 Å². The Hall–Kier alpha value is -1.20. The molecule has 0 saturated carbocycles. The van der Waals surface area contributed by atoms with Gasteiger partial charge in [0.25, 0.3) is 0 Å². The SMILES string of the molecule is CSCCCCNCc1ccc(/C(N)=N/O)cc1C. The average molecular weight is 281 g/mol. The van der Waals surface area contributed by atoms with Gasteiger partial charge in [0.15, 0.2) is 5.84 Å². The van der Waals surface area contributed by atoms with Gasteiger partial charge < -0.3 is 16.3 Å². The summed E-state index contributed by atoms with van der Waals surface area (Å²) in [7, 11) is 0. The molecule has 0 unspecified atom stereocenters. The summed E-state index contributed by atoms with van der Waals surface area (Å²) in [6, 6.07) is 5.85. The molecule has 5 heteroatoms. The molecule has 0 aliphatic rings. The van der Waals surface area contributed by atoms with E-state index in [9.17, 15) is 0 Å². The van der Waals surface area contributed by atoms with Crippen molar-refractivity contribution < 1.29 is 5.21 Å². The van der Waals surface area contributed by atoms with Gasteiger partial charge in [0.1, 0.15) is 0 Å². The maximum atomic E-state index is 8.64. The van der Waals surface area contributed by atoms with Gasteiger partial charge in [-0.2, -0.15) is 11.8 Å². The van der Waals surface area contributed by atoms with Crippen LogP contribution in [0.15, 0.2) is 23.4 Å². The first-order valence-electron chi connectivity index (χ1n) is 6.46. The second-order valence-corrected chi connectivity index (χ2v) is 5.49. The number of aryl methyl sites for hydroxylation is 1. The molecule has 4 N–H and O–H groups in total. The van der Waals surface area contributed by atoms with Crippen LogP contribution in [0, 0.1) is 6.92 Å². The van der Waals surface area contributed by atoms with E-state index in [2.05, 4.69) is 16.7 Å². The molecule has 4 nitrogen and oxygen atoms in total. The maximum Gasteiger partial charge on any atom is 0.170 e. The normalized spacial score (nSPS) is 11.8. The third-order valence-electron chi connectivity index (χ3n) is 3.01. The van der Waals surface area contributed by atoms with Crippen molar-refractivity contribution >= 4 is 17.6 Å². The second kappa shape index (κ2) is 8.82. The number of oxime groups is 1. The molecule has 1 rings (SSSR count). The number of benzene rings is 1. The van der Waals surface area contributed by atoms with E-state index in [1.807, 2.05) is 36.9 Å². The quantitative estimate of drug-likeness (QED) is 0.225. The molecule has 0 spiro atoms. The Morgan fingerprint density at radius 1 is 1.42 bits per heavy atom. The summed E-state index contributed by atoms with van der Waals surface area (Å²) in [5, 5.41) is 15.1. The minimum Gasteiger partial charge on any atom is -0.409 e. The summed E-state index contributed by atoms with van der Waals surface area (Å²) < 4.78 is 0. The van der Waals surface area contributed by atoms with E-state index in [1.54, 1.807) is 0 Å². The molecule has 0 radical (unpaired) electrons. The third-order valence-corrected chi connectivity index (χ3v) is 3.71. The highest BCUT2D eigenvalue weighted by Crippen LogP contribution is 2.11. The fraction of sp³-hybridized carbons (Fsp3) is 0.500.